The van der Waals surface area contributed by atoms with Gasteiger partial charge in [0.25, 0.3) is 0 Å². The number of aromatic nitrogens is 5. The molecule has 2 fully saturated rings. The van der Waals surface area contributed by atoms with Gasteiger partial charge in [0.2, 0.25) is 0 Å². The molecule has 9 nitrogen and oxygen atoms in total. The van der Waals surface area contributed by atoms with Crippen LogP contribution in [0.25, 0.3) is 22.1 Å². The summed E-state index contributed by atoms with van der Waals surface area (Å²) in [6.07, 6.45) is 3.76. The molecule has 164 valence electrons. The molecular weight excluding hydrogens is 432 g/mol. The molecule has 1 saturated carbocycles. The van der Waals surface area contributed by atoms with E-state index in [1.165, 1.54) is 18.2 Å². The lowest BCUT2D eigenvalue weighted by Gasteiger charge is -2.46. The molecule has 2 aliphatic rings. The lowest BCUT2D eigenvalue weighted by molar-refractivity contribution is -0.169. The molecule has 3 atom stereocenters. The minimum Gasteiger partial charge on any atom is -0.387 e. The van der Waals surface area contributed by atoms with E-state index in [1.807, 2.05) is 12.1 Å². The van der Waals surface area contributed by atoms with Gasteiger partial charge in [-0.15, -0.1) is 0 Å². The number of halogens is 1. The van der Waals surface area contributed by atoms with Gasteiger partial charge in [0, 0.05) is 11.6 Å². The van der Waals surface area contributed by atoms with E-state index in [1.54, 1.807) is 10.8 Å². The monoisotopic (exact) mass is 452 g/mol. The normalized spacial score (nSPS) is 29.7. The summed E-state index contributed by atoms with van der Waals surface area (Å²) in [6, 6.07) is 8.07. The second-order valence-corrected chi connectivity index (χ2v) is 9.19. The maximum absolute atomic E-state index is 10.8. The number of hydrogen-bond acceptors (Lipinski definition) is 8. The average molecular weight is 453 g/mol. The molecule has 4 N–H and O–H groups in total. The first-order valence-electron chi connectivity index (χ1n) is 10.4. The number of imidazole rings is 1. The number of nitrogen functional groups attached to an aromatic ring is 1. The molecule has 0 unspecified atom stereocenters. The smallest absolute Gasteiger partial charge is 0.167 e. The Bertz CT molecular complexity index is 1340. The van der Waals surface area contributed by atoms with Crippen LogP contribution >= 0.6 is 11.6 Å². The van der Waals surface area contributed by atoms with Crippen molar-refractivity contribution >= 4 is 39.5 Å². The molecule has 0 amide bonds. The van der Waals surface area contributed by atoms with E-state index in [2.05, 4.69) is 32.1 Å². The highest BCUT2D eigenvalue weighted by molar-refractivity contribution is 6.31. The fourth-order valence-corrected chi connectivity index (χ4v) is 5.29. The van der Waals surface area contributed by atoms with Crippen LogP contribution in [0.2, 0.25) is 5.02 Å². The summed E-state index contributed by atoms with van der Waals surface area (Å²) < 4.78 is 7.86. The number of nitrogens with two attached hydrogens (primary N) is 1. The molecule has 1 aliphatic heterocycles. The van der Waals surface area contributed by atoms with E-state index in [9.17, 15) is 10.2 Å². The molecule has 1 spiro atoms. The first-order valence-corrected chi connectivity index (χ1v) is 10.8. The zero-order valence-electron chi connectivity index (χ0n) is 17.0. The minimum absolute atomic E-state index is 0.257. The zero-order chi connectivity index (χ0) is 22.0. The van der Waals surface area contributed by atoms with Crippen molar-refractivity contribution in [1.29, 1.82) is 0 Å². The molecular formula is C22H21ClN6O3. The summed E-state index contributed by atoms with van der Waals surface area (Å²) in [6.45, 7) is 0. The number of fused-ring (bicyclic) bond motifs is 2. The molecule has 1 aromatic carbocycles. The van der Waals surface area contributed by atoms with E-state index >= 15 is 0 Å². The Hall–Kier alpha value is -2.85. The summed E-state index contributed by atoms with van der Waals surface area (Å²) in [4.78, 5) is 16.8. The van der Waals surface area contributed by atoms with E-state index in [4.69, 9.17) is 22.1 Å². The highest BCUT2D eigenvalue weighted by atomic mass is 35.5. The first kappa shape index (κ1) is 19.8. The number of aliphatic hydroxyl groups is 2. The minimum atomic E-state index is -1.10. The molecule has 6 rings (SSSR count). The molecule has 1 saturated heterocycles. The number of anilines is 1. The topological polar surface area (TPSA) is 132 Å². The van der Waals surface area contributed by atoms with Gasteiger partial charge in [0.15, 0.2) is 17.7 Å². The van der Waals surface area contributed by atoms with Gasteiger partial charge >= 0.3 is 0 Å². The molecule has 0 radical (unpaired) electrons. The predicted octanol–water partition coefficient (Wildman–Crippen LogP) is 2.25. The van der Waals surface area contributed by atoms with Gasteiger partial charge in [-0.3, -0.25) is 9.55 Å². The van der Waals surface area contributed by atoms with E-state index in [0.29, 0.717) is 34.9 Å². The van der Waals surface area contributed by atoms with Crippen LogP contribution in [0.3, 0.4) is 0 Å². The average Bonchev–Trinajstić information content (AvgIpc) is 3.29. The van der Waals surface area contributed by atoms with Gasteiger partial charge in [-0.05, 0) is 42.9 Å². The van der Waals surface area contributed by atoms with Crippen LogP contribution in [0, 0.1) is 5.92 Å². The van der Waals surface area contributed by atoms with E-state index < -0.39 is 24.0 Å². The lowest BCUT2D eigenvalue weighted by Crippen LogP contribution is -2.53. The number of pyridine rings is 1. The maximum atomic E-state index is 10.8. The number of benzene rings is 1. The summed E-state index contributed by atoms with van der Waals surface area (Å²) in [5, 5.41) is 23.2. The fourth-order valence-electron chi connectivity index (χ4n) is 5.12. The van der Waals surface area contributed by atoms with Crippen LogP contribution in [0.1, 0.15) is 24.6 Å². The Morgan fingerprint density at radius 2 is 2.00 bits per heavy atom. The summed E-state index contributed by atoms with van der Waals surface area (Å²) in [5.74, 6) is 0.588. The Morgan fingerprint density at radius 3 is 2.84 bits per heavy atom. The quantitative estimate of drug-likeness (QED) is 0.431. The number of hydrogen-bond donors (Lipinski definition) is 3. The van der Waals surface area contributed by atoms with E-state index in [0.717, 1.165) is 17.3 Å². The molecule has 4 heterocycles. The fraction of sp³-hybridized carbons (Fsp3) is 0.364. The number of ether oxygens (including phenoxy) is 1. The number of nitrogens with zero attached hydrogens (tertiary/aromatic N) is 5. The highest BCUT2D eigenvalue weighted by Crippen LogP contribution is 2.53. The first-order chi connectivity index (χ1) is 15.4. The third-order valence-electron chi connectivity index (χ3n) is 6.68. The van der Waals surface area contributed by atoms with Gasteiger partial charge < -0.3 is 20.7 Å². The van der Waals surface area contributed by atoms with Crippen molar-refractivity contribution < 1.29 is 14.9 Å². The van der Waals surface area contributed by atoms with Crippen LogP contribution < -0.4 is 5.73 Å². The van der Waals surface area contributed by atoms with Gasteiger partial charge in [0.1, 0.15) is 29.7 Å². The van der Waals surface area contributed by atoms with Crippen LogP contribution in [0.15, 0.2) is 43.1 Å². The molecule has 3 aromatic heterocycles. The highest BCUT2D eigenvalue weighted by Gasteiger charge is 2.60. The summed E-state index contributed by atoms with van der Waals surface area (Å²) >= 11 is 6.02. The summed E-state index contributed by atoms with van der Waals surface area (Å²) in [7, 11) is 0. The SMILES string of the molecule is Nc1ncnc2c1ncn2[C@@H]1O[C@]2(C[C@@H](Cc3ccc4cc(Cl)cnc4c3)C2)[C@@H](O)[C@H]1O. The van der Waals surface area contributed by atoms with Crippen LogP contribution in [0.4, 0.5) is 5.82 Å². The van der Waals surface area contributed by atoms with Crippen molar-refractivity contribution in [2.75, 3.05) is 5.73 Å². The molecule has 4 aromatic rings. The molecule has 1 aliphatic carbocycles. The number of aliphatic hydroxyl groups excluding tert-OH is 2. The van der Waals surface area contributed by atoms with Gasteiger partial charge in [-0.2, -0.15) is 0 Å². The predicted molar refractivity (Wildman–Crippen MR) is 118 cm³/mol. The van der Waals surface area contributed by atoms with Crippen molar-refractivity contribution in [3.8, 4) is 0 Å². The molecule has 0 bridgehead atoms. The van der Waals surface area contributed by atoms with Gasteiger partial charge in [-0.25, -0.2) is 15.0 Å². The van der Waals surface area contributed by atoms with Crippen LogP contribution in [-0.2, 0) is 11.2 Å². The Kier molecular flexibility index (Phi) is 4.38. The number of rotatable bonds is 3. The molecule has 10 heteroatoms. The van der Waals surface area contributed by atoms with Gasteiger partial charge in [0.05, 0.1) is 16.9 Å². The second-order valence-electron chi connectivity index (χ2n) is 8.75. The summed E-state index contributed by atoms with van der Waals surface area (Å²) in [5.41, 5.74) is 8.06. The van der Waals surface area contributed by atoms with Crippen molar-refractivity contribution in [3.63, 3.8) is 0 Å². The van der Waals surface area contributed by atoms with Crippen molar-refractivity contribution in [2.24, 2.45) is 5.92 Å². The van der Waals surface area contributed by atoms with Crippen LogP contribution in [0.5, 0.6) is 0 Å². The largest absolute Gasteiger partial charge is 0.387 e. The Morgan fingerprint density at radius 1 is 1.16 bits per heavy atom. The Labute approximate surface area is 187 Å². The second kappa shape index (κ2) is 7.08. The maximum Gasteiger partial charge on any atom is 0.167 e. The van der Waals surface area contributed by atoms with Crippen molar-refractivity contribution in [3.05, 3.63) is 53.7 Å². The van der Waals surface area contributed by atoms with Crippen molar-refractivity contribution in [2.45, 2.75) is 43.3 Å². The van der Waals surface area contributed by atoms with Crippen LogP contribution in [-0.4, -0.2) is 52.5 Å². The zero-order valence-corrected chi connectivity index (χ0v) is 17.7. The van der Waals surface area contributed by atoms with E-state index in [-0.39, 0.29) is 5.82 Å². The van der Waals surface area contributed by atoms with Gasteiger partial charge in [-0.1, -0.05) is 23.7 Å². The molecule has 32 heavy (non-hydrogen) atoms. The van der Waals surface area contributed by atoms with Crippen molar-refractivity contribution in [1.82, 2.24) is 24.5 Å². The standard InChI is InChI=1S/C22H21ClN6O3/c23-14-5-13-2-1-11(4-15(13)25-8-14)3-12-6-22(7-12)18(31)17(30)21(32-22)29-10-28-16-19(24)26-9-27-20(16)29/h1-2,4-5,8-10,12,17-18,21,30-31H,3,6-7H2,(H2,24,26,27)/t12-,17-,18+,21-,22+/m1/s1. The Balaban J connectivity index is 1.20. The third-order valence-corrected chi connectivity index (χ3v) is 6.89. The lowest BCUT2D eigenvalue weighted by atomic mass is 9.66. The third kappa shape index (κ3) is 2.96.